The first-order valence-corrected chi connectivity index (χ1v) is 8.75. The van der Waals surface area contributed by atoms with E-state index < -0.39 is 5.79 Å². The van der Waals surface area contributed by atoms with Crippen LogP contribution < -0.4 is 0 Å². The number of rotatable bonds is 3. The number of aromatic nitrogens is 3. The Labute approximate surface area is 146 Å². The molecule has 5 nitrogen and oxygen atoms in total. The lowest BCUT2D eigenvalue weighted by Crippen LogP contribution is -2.33. The predicted molar refractivity (Wildman–Crippen MR) is 92.9 cm³/mol. The van der Waals surface area contributed by atoms with Gasteiger partial charge in [0, 0.05) is 11.6 Å². The third-order valence-electron chi connectivity index (χ3n) is 5.55. The van der Waals surface area contributed by atoms with Crippen LogP contribution in [0.3, 0.4) is 0 Å². The molecule has 6 heteroatoms. The molecule has 0 amide bonds. The average Bonchev–Trinajstić information content (AvgIpc) is 3.18. The Bertz CT molecular complexity index is 803. The maximum Gasteiger partial charge on any atom is 0.163 e. The van der Waals surface area contributed by atoms with E-state index in [2.05, 4.69) is 28.0 Å². The van der Waals surface area contributed by atoms with Crippen LogP contribution in [0.2, 0.25) is 5.15 Å². The quantitative estimate of drug-likeness (QED) is 0.618. The molecule has 0 spiro atoms. The number of hydrogen-bond acceptors (Lipinski definition) is 4. The minimum Gasteiger partial charge on any atom is -0.344 e. The molecule has 24 heavy (non-hydrogen) atoms. The van der Waals surface area contributed by atoms with Gasteiger partial charge < -0.3 is 14.0 Å². The Morgan fingerprint density at radius 1 is 1.42 bits per heavy atom. The monoisotopic (exact) mass is 347 g/mol. The van der Waals surface area contributed by atoms with E-state index in [1.165, 1.54) is 6.33 Å². The van der Waals surface area contributed by atoms with Gasteiger partial charge in [-0.15, -0.1) is 6.58 Å². The number of ether oxygens (including phenoxy) is 2. The van der Waals surface area contributed by atoms with Crippen molar-refractivity contribution in [1.82, 2.24) is 14.5 Å². The van der Waals surface area contributed by atoms with Gasteiger partial charge >= 0.3 is 0 Å². The van der Waals surface area contributed by atoms with Crippen LogP contribution in [0.5, 0.6) is 0 Å². The maximum atomic E-state index is 6.28. The van der Waals surface area contributed by atoms with Gasteiger partial charge in [0.25, 0.3) is 0 Å². The summed E-state index contributed by atoms with van der Waals surface area (Å²) in [5.41, 5.74) is 0.735. The fraction of sp³-hybridized carbons (Fsp3) is 0.556. The third-order valence-corrected chi connectivity index (χ3v) is 5.85. The van der Waals surface area contributed by atoms with Crippen molar-refractivity contribution >= 4 is 22.6 Å². The van der Waals surface area contributed by atoms with E-state index in [1.54, 1.807) is 0 Å². The van der Waals surface area contributed by atoms with Crippen LogP contribution in [0.15, 0.2) is 31.2 Å². The van der Waals surface area contributed by atoms with Crippen molar-refractivity contribution in [3.8, 4) is 0 Å². The van der Waals surface area contributed by atoms with Crippen molar-refractivity contribution in [3.05, 3.63) is 36.4 Å². The zero-order chi connectivity index (χ0) is 17.1. The predicted octanol–water partition coefficient (Wildman–Crippen LogP) is 4.13. The summed E-state index contributed by atoms with van der Waals surface area (Å²) < 4.78 is 14.7. The minimum absolute atomic E-state index is 0.00485. The van der Waals surface area contributed by atoms with E-state index >= 15 is 0 Å². The van der Waals surface area contributed by atoms with Crippen molar-refractivity contribution in [3.63, 3.8) is 0 Å². The standard InChI is InChI=1S/C18H22ClN3O2/c1-5-18(6-2)9-12(13-14(18)24-17(3,4)23-13)22-8-7-11-15(19)20-10-21-16(11)22/h5,7-8,10,12-14H,1,6,9H2,2-4H3/t12-,13+,14+,18-/m1/s1. The fourth-order valence-electron chi connectivity index (χ4n) is 4.29. The summed E-state index contributed by atoms with van der Waals surface area (Å²) in [6.07, 6.45) is 7.40. The summed E-state index contributed by atoms with van der Waals surface area (Å²) in [6, 6.07) is 2.09. The Balaban J connectivity index is 1.83. The van der Waals surface area contributed by atoms with E-state index in [4.69, 9.17) is 21.1 Å². The van der Waals surface area contributed by atoms with Crippen LogP contribution in [0, 0.1) is 5.41 Å². The first-order valence-electron chi connectivity index (χ1n) is 8.37. The number of fused-ring (bicyclic) bond motifs is 2. The zero-order valence-corrected chi connectivity index (χ0v) is 15.0. The highest BCUT2D eigenvalue weighted by Crippen LogP contribution is 2.55. The highest BCUT2D eigenvalue weighted by atomic mass is 35.5. The molecule has 128 valence electrons. The molecule has 0 unspecified atom stereocenters. The Hall–Kier alpha value is -1.43. The summed E-state index contributed by atoms with van der Waals surface area (Å²) in [7, 11) is 0. The highest BCUT2D eigenvalue weighted by molar-refractivity contribution is 6.33. The van der Waals surface area contributed by atoms with Gasteiger partial charge in [-0.2, -0.15) is 0 Å². The second-order valence-electron chi connectivity index (χ2n) is 7.21. The molecule has 1 saturated carbocycles. The molecule has 1 aliphatic carbocycles. The van der Waals surface area contributed by atoms with Crippen LogP contribution >= 0.6 is 11.6 Å². The summed E-state index contributed by atoms with van der Waals surface area (Å²) in [4.78, 5) is 8.51. The molecule has 0 radical (unpaired) electrons. The molecular formula is C18H22ClN3O2. The van der Waals surface area contributed by atoms with Crippen LogP contribution in [0.4, 0.5) is 0 Å². The van der Waals surface area contributed by atoms with E-state index in [0.29, 0.717) is 5.15 Å². The lowest BCUT2D eigenvalue weighted by molar-refractivity contribution is -0.165. The fourth-order valence-corrected chi connectivity index (χ4v) is 4.48. The molecule has 0 bridgehead atoms. The summed E-state index contributed by atoms with van der Waals surface area (Å²) in [5, 5.41) is 1.34. The number of nitrogens with zero attached hydrogens (tertiary/aromatic N) is 3. The minimum atomic E-state index is -0.590. The zero-order valence-electron chi connectivity index (χ0n) is 14.2. The average molecular weight is 348 g/mol. The van der Waals surface area contributed by atoms with Gasteiger partial charge in [0.05, 0.1) is 17.5 Å². The lowest BCUT2D eigenvalue weighted by atomic mass is 9.81. The van der Waals surface area contributed by atoms with Crippen molar-refractivity contribution < 1.29 is 9.47 Å². The van der Waals surface area contributed by atoms with Crippen molar-refractivity contribution in [2.75, 3.05) is 0 Å². The smallest absolute Gasteiger partial charge is 0.163 e. The van der Waals surface area contributed by atoms with Gasteiger partial charge in [0.15, 0.2) is 5.79 Å². The molecule has 3 heterocycles. The van der Waals surface area contributed by atoms with Crippen LogP contribution in [-0.4, -0.2) is 32.5 Å². The Morgan fingerprint density at radius 2 is 2.21 bits per heavy atom. The Morgan fingerprint density at radius 3 is 2.92 bits per heavy atom. The van der Waals surface area contributed by atoms with Crippen LogP contribution in [0.25, 0.3) is 11.0 Å². The van der Waals surface area contributed by atoms with Gasteiger partial charge in [-0.3, -0.25) is 0 Å². The second kappa shape index (κ2) is 5.28. The van der Waals surface area contributed by atoms with Gasteiger partial charge in [-0.05, 0) is 32.8 Å². The molecule has 4 atom stereocenters. The normalized spacial score (nSPS) is 34.6. The maximum absolute atomic E-state index is 6.28. The Kier molecular flexibility index (Phi) is 3.53. The van der Waals surface area contributed by atoms with Gasteiger partial charge in [-0.25, -0.2) is 9.97 Å². The highest BCUT2D eigenvalue weighted by Gasteiger charge is 2.60. The molecule has 2 aliphatic rings. The van der Waals surface area contributed by atoms with Gasteiger partial charge in [0.1, 0.15) is 23.2 Å². The van der Waals surface area contributed by atoms with Crippen molar-refractivity contribution in [2.45, 2.75) is 57.6 Å². The molecule has 2 fully saturated rings. The molecule has 1 saturated heterocycles. The van der Waals surface area contributed by atoms with E-state index in [-0.39, 0.29) is 23.7 Å². The third kappa shape index (κ3) is 2.15. The topological polar surface area (TPSA) is 49.2 Å². The van der Waals surface area contributed by atoms with E-state index in [9.17, 15) is 0 Å². The number of hydrogen-bond donors (Lipinski definition) is 0. The summed E-state index contributed by atoms with van der Waals surface area (Å²) in [6.45, 7) is 10.2. The first-order chi connectivity index (χ1) is 11.4. The molecule has 2 aromatic rings. The summed E-state index contributed by atoms with van der Waals surface area (Å²) >= 11 is 6.21. The lowest BCUT2D eigenvalue weighted by Gasteiger charge is -2.31. The van der Waals surface area contributed by atoms with E-state index in [0.717, 1.165) is 23.9 Å². The molecule has 0 aromatic carbocycles. The second-order valence-corrected chi connectivity index (χ2v) is 7.57. The first kappa shape index (κ1) is 16.1. The molecule has 4 rings (SSSR count). The van der Waals surface area contributed by atoms with E-state index in [1.807, 2.05) is 32.2 Å². The SMILES string of the molecule is C=C[C@@]1(CC)C[C@@H](n2ccc3c(Cl)ncnc32)[C@@H]2OC(C)(C)O[C@@H]21. The molecule has 0 N–H and O–H groups in total. The van der Waals surface area contributed by atoms with Gasteiger partial charge in [0.2, 0.25) is 0 Å². The van der Waals surface area contributed by atoms with Gasteiger partial charge in [-0.1, -0.05) is 24.6 Å². The number of halogens is 1. The van der Waals surface area contributed by atoms with Crippen molar-refractivity contribution in [2.24, 2.45) is 5.41 Å². The van der Waals surface area contributed by atoms with Crippen LogP contribution in [-0.2, 0) is 9.47 Å². The van der Waals surface area contributed by atoms with Crippen LogP contribution in [0.1, 0.15) is 39.7 Å². The molecular weight excluding hydrogens is 326 g/mol. The van der Waals surface area contributed by atoms with Crippen molar-refractivity contribution in [1.29, 1.82) is 0 Å². The summed E-state index contributed by atoms with van der Waals surface area (Å²) in [5.74, 6) is -0.590. The molecule has 2 aromatic heterocycles. The molecule has 1 aliphatic heterocycles. The largest absolute Gasteiger partial charge is 0.344 e.